The number of fused-ring (bicyclic) bond motifs is 1. The minimum absolute atomic E-state index is 0.281. The summed E-state index contributed by atoms with van der Waals surface area (Å²) in [6.45, 7) is 1.03. The number of para-hydroxylation sites is 1. The molecule has 3 amide bonds. The van der Waals surface area contributed by atoms with E-state index in [2.05, 4.69) is 26.3 Å². The molecule has 43 heavy (non-hydrogen) atoms. The Hall–Kier alpha value is -4.50. The Morgan fingerprint density at radius 3 is 2.40 bits per heavy atom. The summed E-state index contributed by atoms with van der Waals surface area (Å²) in [7, 11) is 0. The average molecular weight is 582 g/mol. The maximum absolute atomic E-state index is 14.0. The maximum atomic E-state index is 14.0. The van der Waals surface area contributed by atoms with Crippen molar-refractivity contribution < 1.29 is 19.1 Å². The summed E-state index contributed by atoms with van der Waals surface area (Å²) in [5.41, 5.74) is 1.46. The van der Waals surface area contributed by atoms with Gasteiger partial charge in [-0.3, -0.25) is 19.4 Å². The Balaban J connectivity index is 1.43. The molecule has 9 heteroatoms. The van der Waals surface area contributed by atoms with Crippen LogP contribution in [0, 0.1) is 0 Å². The lowest BCUT2D eigenvalue weighted by molar-refractivity contribution is -0.136. The summed E-state index contributed by atoms with van der Waals surface area (Å²) in [5, 5.41) is 12.4. The lowest BCUT2D eigenvalue weighted by atomic mass is 9.93. The van der Waals surface area contributed by atoms with Crippen LogP contribution in [0.25, 0.3) is 6.08 Å². The highest BCUT2D eigenvalue weighted by Crippen LogP contribution is 2.30. The van der Waals surface area contributed by atoms with E-state index in [-0.39, 0.29) is 24.3 Å². The summed E-state index contributed by atoms with van der Waals surface area (Å²) >= 11 is 0. The van der Waals surface area contributed by atoms with Gasteiger partial charge in [0.05, 0.1) is 6.04 Å². The molecule has 1 aliphatic heterocycles. The molecule has 1 fully saturated rings. The molecular weight excluding hydrogens is 542 g/mol. The van der Waals surface area contributed by atoms with Crippen LogP contribution in [0.1, 0.15) is 42.5 Å². The monoisotopic (exact) mass is 581 g/mol. The number of rotatable bonds is 4. The Morgan fingerprint density at radius 1 is 0.837 bits per heavy atom. The fraction of sp³-hybridized carbons (Fsp3) is 0.353. The first-order valence-electron chi connectivity index (χ1n) is 15.0. The predicted octanol–water partition coefficient (Wildman–Crippen LogP) is 2.96. The average Bonchev–Trinajstić information content (AvgIpc) is 3.51. The lowest BCUT2D eigenvalue weighted by Crippen LogP contribution is -2.63. The number of carbonyl (C=O) groups is 3. The molecule has 1 aromatic heterocycles. The molecule has 4 N–H and O–H groups in total. The van der Waals surface area contributed by atoms with Gasteiger partial charge in [0.15, 0.2) is 0 Å². The molecule has 0 radical (unpaired) electrons. The normalized spacial score (nSPS) is 22.2. The molecule has 9 nitrogen and oxygen atoms in total. The zero-order valence-electron chi connectivity index (χ0n) is 24.3. The lowest BCUT2D eigenvalue weighted by Gasteiger charge is -2.33. The van der Waals surface area contributed by atoms with Gasteiger partial charge in [-0.2, -0.15) is 0 Å². The van der Waals surface area contributed by atoms with Crippen molar-refractivity contribution in [2.45, 2.75) is 56.1 Å². The summed E-state index contributed by atoms with van der Waals surface area (Å²) in [5.74, 6) is -0.198. The topological polar surface area (TPSA) is 121 Å². The van der Waals surface area contributed by atoms with Crippen LogP contribution in [0.2, 0.25) is 0 Å². The van der Waals surface area contributed by atoms with E-state index >= 15 is 0 Å². The van der Waals surface area contributed by atoms with Gasteiger partial charge in [0.2, 0.25) is 17.7 Å². The molecule has 1 spiro atoms. The molecule has 5 rings (SSSR count). The number of nitrogens with zero attached hydrogens (tertiary/aromatic N) is 1. The molecule has 224 valence electrons. The van der Waals surface area contributed by atoms with E-state index in [4.69, 9.17) is 4.74 Å². The second-order valence-corrected chi connectivity index (χ2v) is 11.1. The van der Waals surface area contributed by atoms with E-state index < -0.39 is 17.6 Å². The molecule has 3 aromatic rings. The number of nitrogens with one attached hydrogen (secondary N) is 4. The first-order chi connectivity index (χ1) is 21.0. The van der Waals surface area contributed by atoms with Gasteiger partial charge in [-0.15, -0.1) is 0 Å². The second-order valence-electron chi connectivity index (χ2n) is 11.1. The van der Waals surface area contributed by atoms with E-state index in [9.17, 15) is 14.4 Å². The number of hydrogen-bond acceptors (Lipinski definition) is 6. The van der Waals surface area contributed by atoms with Crippen LogP contribution in [0.4, 0.5) is 0 Å². The quantitative estimate of drug-likeness (QED) is 0.376. The number of ether oxygens (including phenoxy) is 1. The van der Waals surface area contributed by atoms with Crippen LogP contribution in [0.3, 0.4) is 0 Å². The molecule has 1 aliphatic carbocycles. The Morgan fingerprint density at radius 2 is 1.60 bits per heavy atom. The van der Waals surface area contributed by atoms with Gasteiger partial charge in [-0.25, -0.2) is 0 Å². The van der Waals surface area contributed by atoms with Crippen molar-refractivity contribution in [1.82, 2.24) is 26.3 Å². The molecule has 0 saturated heterocycles. The molecule has 2 atom stereocenters. The highest BCUT2D eigenvalue weighted by molar-refractivity contribution is 5.96. The van der Waals surface area contributed by atoms with E-state index in [1.807, 2.05) is 84.9 Å². The molecule has 0 unspecified atom stereocenters. The number of aromatic nitrogens is 1. The molecule has 0 bridgehead atoms. The van der Waals surface area contributed by atoms with Gasteiger partial charge < -0.3 is 26.0 Å². The minimum atomic E-state index is -1.10. The van der Waals surface area contributed by atoms with E-state index in [1.54, 1.807) is 6.20 Å². The van der Waals surface area contributed by atoms with Crippen molar-refractivity contribution >= 4 is 23.8 Å². The van der Waals surface area contributed by atoms with Gasteiger partial charge in [-0.1, -0.05) is 79.6 Å². The van der Waals surface area contributed by atoms with E-state index in [0.29, 0.717) is 44.6 Å². The van der Waals surface area contributed by atoms with Crippen molar-refractivity contribution in [2.75, 3.05) is 19.7 Å². The van der Waals surface area contributed by atoms with E-state index in [0.717, 1.165) is 29.7 Å². The Bertz CT molecular complexity index is 1410. The third kappa shape index (κ3) is 8.08. The van der Waals surface area contributed by atoms with Crippen molar-refractivity contribution in [3.8, 4) is 5.75 Å². The first-order valence-corrected chi connectivity index (χ1v) is 15.0. The van der Waals surface area contributed by atoms with Crippen LogP contribution in [-0.2, 0) is 27.2 Å². The molecular formula is C34H39N5O4. The Labute approximate surface area is 252 Å². The largest absolute Gasteiger partial charge is 0.492 e. The zero-order chi connectivity index (χ0) is 29.9. The van der Waals surface area contributed by atoms with Crippen LogP contribution >= 0.6 is 0 Å². The fourth-order valence-electron chi connectivity index (χ4n) is 5.66. The van der Waals surface area contributed by atoms with Crippen LogP contribution in [-0.4, -0.2) is 60.0 Å². The number of hydrogen-bond donors (Lipinski definition) is 4. The maximum Gasteiger partial charge on any atom is 0.246 e. The smallest absolute Gasteiger partial charge is 0.246 e. The Kier molecular flexibility index (Phi) is 10.2. The number of amides is 3. The van der Waals surface area contributed by atoms with Crippen LogP contribution in [0.5, 0.6) is 5.75 Å². The van der Waals surface area contributed by atoms with Gasteiger partial charge in [0, 0.05) is 43.4 Å². The minimum Gasteiger partial charge on any atom is -0.492 e. The zero-order valence-corrected chi connectivity index (χ0v) is 24.3. The number of benzene rings is 2. The molecule has 2 aromatic carbocycles. The van der Waals surface area contributed by atoms with Crippen molar-refractivity contribution in [1.29, 1.82) is 0 Å². The standard InChI is InChI=1S/C34H39N5O4/c40-31-29(23-25-11-2-1-3-12-25)38-33(42)34(17-7-8-18-34)39-32(41)28(24-27-15-6-9-19-35-27)36-21-22-43-30-16-5-4-13-26(30)14-10-20-37-31/h1-6,9-16,19,28-29,36H,7-8,17-18,20-24H2,(H,37,40)(H,38,42)(H,39,41)/b14-10-/t28-,29-/m0/s1. The van der Waals surface area contributed by atoms with Crippen molar-refractivity contribution in [3.63, 3.8) is 0 Å². The van der Waals surface area contributed by atoms with E-state index in [1.165, 1.54) is 0 Å². The van der Waals surface area contributed by atoms with Gasteiger partial charge in [0.1, 0.15) is 23.9 Å². The van der Waals surface area contributed by atoms with Crippen LogP contribution in [0.15, 0.2) is 85.1 Å². The van der Waals surface area contributed by atoms with Crippen molar-refractivity contribution in [2.24, 2.45) is 0 Å². The van der Waals surface area contributed by atoms with Gasteiger partial charge >= 0.3 is 0 Å². The molecule has 1 saturated carbocycles. The SMILES string of the molecule is O=C1NC2(CCCC2)C(=O)N[C@@H](Cc2ccccc2)C(=O)NC/C=C\c2ccccc2OCCN[C@H]1Cc1ccccn1. The van der Waals surface area contributed by atoms with Crippen molar-refractivity contribution in [3.05, 3.63) is 102 Å². The fourth-order valence-corrected chi connectivity index (χ4v) is 5.66. The third-order valence-electron chi connectivity index (χ3n) is 7.98. The first kappa shape index (κ1) is 30.0. The predicted molar refractivity (Wildman–Crippen MR) is 165 cm³/mol. The summed E-state index contributed by atoms with van der Waals surface area (Å²) in [4.78, 5) is 45.6. The number of carbonyl (C=O) groups excluding carboxylic acids is 3. The highest BCUT2D eigenvalue weighted by Gasteiger charge is 2.44. The third-order valence-corrected chi connectivity index (χ3v) is 7.98. The van der Waals surface area contributed by atoms with Gasteiger partial charge in [0.25, 0.3) is 0 Å². The molecule has 2 heterocycles. The number of pyridine rings is 1. The highest BCUT2D eigenvalue weighted by atomic mass is 16.5. The summed E-state index contributed by atoms with van der Waals surface area (Å²) in [6, 6.07) is 21.4. The summed E-state index contributed by atoms with van der Waals surface area (Å²) < 4.78 is 6.07. The van der Waals surface area contributed by atoms with Crippen LogP contribution < -0.4 is 26.0 Å². The van der Waals surface area contributed by atoms with Gasteiger partial charge in [-0.05, 0) is 36.6 Å². The molecule has 2 aliphatic rings. The second kappa shape index (κ2) is 14.6. The summed E-state index contributed by atoms with van der Waals surface area (Å²) in [6.07, 6.45) is 8.76.